The number of aliphatic carboxylic acids is 2. The Morgan fingerprint density at radius 2 is 1.82 bits per heavy atom. The molecule has 10 nitrogen and oxygen atoms in total. The molecule has 0 spiro atoms. The fourth-order valence-corrected chi connectivity index (χ4v) is 4.30. The van der Waals surface area contributed by atoms with E-state index < -0.39 is 27.8 Å². The first kappa shape index (κ1) is 25.9. The summed E-state index contributed by atoms with van der Waals surface area (Å²) in [4.78, 5) is 22.9. The van der Waals surface area contributed by atoms with Crippen LogP contribution in [-0.4, -0.2) is 46.6 Å². The van der Waals surface area contributed by atoms with Crippen molar-refractivity contribution < 1.29 is 32.6 Å². The Kier molecular flexibility index (Phi) is 8.77. The quantitative estimate of drug-likeness (QED) is 0.425. The average molecular weight is 486 g/mol. The second-order valence-electron chi connectivity index (χ2n) is 6.49. The Morgan fingerprint density at radius 3 is 2.32 bits per heavy atom. The summed E-state index contributed by atoms with van der Waals surface area (Å²) >= 11 is 0. The Morgan fingerprint density at radius 1 is 1.18 bits per heavy atom. The molecule has 2 heterocycles. The number of hydrogen-bond donors (Lipinski definition) is 3. The van der Waals surface area contributed by atoms with Gasteiger partial charge in [-0.25, -0.2) is 26.4 Å². The molecule has 0 fully saturated rings. The molecule has 2 aromatic heterocycles. The van der Waals surface area contributed by atoms with E-state index in [1.165, 1.54) is 48.8 Å². The molecular weight excluding hydrogens is 467 g/mol. The second kappa shape index (κ2) is 11.5. The van der Waals surface area contributed by atoms with Gasteiger partial charge in [0.15, 0.2) is 0 Å². The summed E-state index contributed by atoms with van der Waals surface area (Å²) in [6.45, 7) is 0.264. The normalized spacial score (nSPS) is 10.9. The van der Waals surface area contributed by atoms with Gasteiger partial charge >= 0.3 is 11.9 Å². The van der Waals surface area contributed by atoms with Crippen molar-refractivity contribution in [2.24, 2.45) is 0 Å². The third-order valence-electron chi connectivity index (χ3n) is 4.20. The molecule has 34 heavy (non-hydrogen) atoms. The molecule has 12 heteroatoms. The minimum Gasteiger partial charge on any atom is -0.478 e. The number of carbonyl (C=O) groups is 2. The molecule has 0 saturated heterocycles. The van der Waals surface area contributed by atoms with Crippen LogP contribution in [0.5, 0.6) is 0 Å². The SMILES string of the molecule is CNCc1cc(-c2ccccc2F)n(S(=O)(=O)c2cccnc2)c1C#N.O=C(O)C=CC(=O)O. The number of carboxylic acid groups (broad SMARTS) is 2. The van der Waals surface area contributed by atoms with Crippen molar-refractivity contribution in [3.63, 3.8) is 0 Å². The van der Waals surface area contributed by atoms with E-state index in [1.54, 1.807) is 13.1 Å². The van der Waals surface area contributed by atoms with E-state index in [2.05, 4.69) is 10.3 Å². The van der Waals surface area contributed by atoms with Crippen LogP contribution in [0.2, 0.25) is 0 Å². The van der Waals surface area contributed by atoms with Gasteiger partial charge in [0.05, 0.1) is 5.69 Å². The van der Waals surface area contributed by atoms with E-state index in [0.29, 0.717) is 17.7 Å². The second-order valence-corrected chi connectivity index (χ2v) is 8.28. The van der Waals surface area contributed by atoms with Gasteiger partial charge in [-0.3, -0.25) is 4.98 Å². The van der Waals surface area contributed by atoms with Gasteiger partial charge in [-0.05, 0) is 37.4 Å². The van der Waals surface area contributed by atoms with E-state index in [1.807, 2.05) is 6.07 Å². The van der Waals surface area contributed by atoms with Crippen LogP contribution in [0.4, 0.5) is 4.39 Å². The highest BCUT2D eigenvalue weighted by Gasteiger charge is 2.28. The number of nitrogens with one attached hydrogen (secondary N) is 1. The Bertz CT molecular complexity index is 1350. The zero-order valence-corrected chi connectivity index (χ0v) is 18.5. The number of halogens is 1. The Balaban J connectivity index is 0.000000440. The molecule has 0 atom stereocenters. The highest BCUT2D eigenvalue weighted by Crippen LogP contribution is 2.31. The van der Waals surface area contributed by atoms with E-state index in [9.17, 15) is 27.7 Å². The van der Waals surface area contributed by atoms with Crippen molar-refractivity contribution in [2.75, 3.05) is 7.05 Å². The highest BCUT2D eigenvalue weighted by molar-refractivity contribution is 7.90. The molecule has 0 aliphatic heterocycles. The fourth-order valence-electron chi connectivity index (χ4n) is 2.84. The van der Waals surface area contributed by atoms with Crippen LogP contribution in [0, 0.1) is 17.1 Å². The number of hydrogen-bond acceptors (Lipinski definition) is 7. The minimum absolute atomic E-state index is 0.0681. The van der Waals surface area contributed by atoms with Crippen LogP contribution >= 0.6 is 0 Å². The summed E-state index contributed by atoms with van der Waals surface area (Å²) in [6.07, 6.45) is 3.76. The molecule has 1 aromatic carbocycles. The van der Waals surface area contributed by atoms with Gasteiger partial charge in [0, 0.05) is 42.2 Å². The van der Waals surface area contributed by atoms with Crippen molar-refractivity contribution in [2.45, 2.75) is 11.4 Å². The molecule has 0 radical (unpaired) electrons. The molecule has 0 bridgehead atoms. The van der Waals surface area contributed by atoms with Crippen LogP contribution in [0.1, 0.15) is 11.3 Å². The Labute approximate surface area is 194 Å². The van der Waals surface area contributed by atoms with Gasteiger partial charge in [-0.2, -0.15) is 5.26 Å². The largest absolute Gasteiger partial charge is 0.478 e. The van der Waals surface area contributed by atoms with Gasteiger partial charge in [-0.1, -0.05) is 12.1 Å². The summed E-state index contributed by atoms with van der Waals surface area (Å²) in [5, 5.41) is 28.1. The fraction of sp³-hybridized carbons (Fsp3) is 0.0909. The standard InChI is InChI=1S/C18H15FN4O2S.C4H4O4/c1-21-11-13-9-17(15-6-2-3-7-16(15)19)23(18(13)10-20)26(24,25)14-5-4-8-22-12-14;5-3(6)1-2-4(7)8/h2-9,12,21H,11H2,1H3;1-2H,(H,5,6)(H,7,8). The lowest BCUT2D eigenvalue weighted by Gasteiger charge is -2.12. The highest BCUT2D eigenvalue weighted by atomic mass is 32.2. The lowest BCUT2D eigenvalue weighted by molar-refractivity contribution is -0.134. The average Bonchev–Trinajstić information content (AvgIpc) is 3.18. The molecule has 0 unspecified atom stereocenters. The van der Waals surface area contributed by atoms with E-state index in [4.69, 9.17) is 10.2 Å². The molecule has 0 amide bonds. The predicted octanol–water partition coefficient (Wildman–Crippen LogP) is 2.23. The van der Waals surface area contributed by atoms with Gasteiger partial charge in [0.25, 0.3) is 10.0 Å². The first-order valence-electron chi connectivity index (χ1n) is 9.47. The van der Waals surface area contributed by atoms with Crippen molar-refractivity contribution in [3.05, 3.63) is 84.1 Å². The van der Waals surface area contributed by atoms with Crippen LogP contribution in [0.15, 0.2) is 71.9 Å². The number of rotatable bonds is 7. The summed E-state index contributed by atoms with van der Waals surface area (Å²) in [5.41, 5.74) is 0.578. The predicted molar refractivity (Wildman–Crippen MR) is 119 cm³/mol. The van der Waals surface area contributed by atoms with Gasteiger partial charge in [-0.15, -0.1) is 0 Å². The Hall–Kier alpha value is -4.34. The smallest absolute Gasteiger partial charge is 0.328 e. The zero-order chi connectivity index (χ0) is 25.3. The minimum atomic E-state index is -4.14. The molecule has 0 aliphatic carbocycles. The number of nitriles is 1. The molecule has 3 aromatic rings. The molecule has 176 valence electrons. The third kappa shape index (κ3) is 6.12. The number of nitrogens with zero attached hydrogens (tertiary/aromatic N) is 3. The maximum absolute atomic E-state index is 14.4. The summed E-state index contributed by atoms with van der Waals surface area (Å²) < 4.78 is 41.6. The monoisotopic (exact) mass is 486 g/mol. The molecule has 0 aliphatic rings. The number of carboxylic acids is 2. The van der Waals surface area contributed by atoms with Crippen LogP contribution in [-0.2, 0) is 26.2 Å². The zero-order valence-electron chi connectivity index (χ0n) is 17.7. The molecular formula is C22H19FN4O6S. The number of aromatic nitrogens is 2. The first-order chi connectivity index (χ1) is 16.1. The maximum atomic E-state index is 14.4. The first-order valence-corrected chi connectivity index (χ1v) is 10.9. The number of benzene rings is 1. The molecule has 3 rings (SSSR count). The van der Waals surface area contributed by atoms with Gasteiger partial charge in [0.1, 0.15) is 22.5 Å². The summed E-state index contributed by atoms with van der Waals surface area (Å²) in [5.74, 6) is -3.09. The topological polar surface area (TPSA) is 162 Å². The molecule has 3 N–H and O–H groups in total. The van der Waals surface area contributed by atoms with Gasteiger partial charge < -0.3 is 15.5 Å². The van der Waals surface area contributed by atoms with Crippen molar-refractivity contribution in [1.29, 1.82) is 5.26 Å². The molecule has 0 saturated carbocycles. The summed E-state index contributed by atoms with van der Waals surface area (Å²) in [6, 6.07) is 12.2. The van der Waals surface area contributed by atoms with Crippen molar-refractivity contribution >= 4 is 22.0 Å². The van der Waals surface area contributed by atoms with Crippen molar-refractivity contribution in [1.82, 2.24) is 14.3 Å². The lowest BCUT2D eigenvalue weighted by atomic mass is 10.1. The summed E-state index contributed by atoms with van der Waals surface area (Å²) in [7, 11) is -2.46. The maximum Gasteiger partial charge on any atom is 0.328 e. The number of pyridine rings is 1. The van der Waals surface area contributed by atoms with Crippen LogP contribution in [0.3, 0.4) is 0 Å². The third-order valence-corrected chi connectivity index (χ3v) is 5.90. The van der Waals surface area contributed by atoms with Crippen LogP contribution in [0.25, 0.3) is 11.3 Å². The van der Waals surface area contributed by atoms with E-state index in [0.717, 1.165) is 3.97 Å². The lowest BCUT2D eigenvalue weighted by Crippen LogP contribution is -2.17. The van der Waals surface area contributed by atoms with Crippen LogP contribution < -0.4 is 5.32 Å². The van der Waals surface area contributed by atoms with E-state index in [-0.39, 0.29) is 28.4 Å². The van der Waals surface area contributed by atoms with Crippen molar-refractivity contribution in [3.8, 4) is 17.3 Å². The van der Waals surface area contributed by atoms with E-state index >= 15 is 0 Å². The van der Waals surface area contributed by atoms with Gasteiger partial charge in [0.2, 0.25) is 0 Å².